The van der Waals surface area contributed by atoms with Crippen LogP contribution in [0.25, 0.3) is 0 Å². The summed E-state index contributed by atoms with van der Waals surface area (Å²) >= 11 is 1.58. The Kier molecular flexibility index (Phi) is 5.14. The van der Waals surface area contributed by atoms with Gasteiger partial charge in [-0.1, -0.05) is 25.0 Å². The van der Waals surface area contributed by atoms with Crippen molar-refractivity contribution in [1.29, 1.82) is 0 Å². The molecule has 0 saturated heterocycles. The summed E-state index contributed by atoms with van der Waals surface area (Å²) in [6, 6.07) is 8.19. The number of carboxylic acids is 1. The number of aliphatic carboxylic acids is 1. The Balaban J connectivity index is 2.11. The quantitative estimate of drug-likeness (QED) is 0.896. The first-order chi connectivity index (χ1) is 9.20. The molecule has 0 spiro atoms. The van der Waals surface area contributed by atoms with E-state index in [2.05, 4.69) is 12.1 Å². The van der Waals surface area contributed by atoms with Crippen molar-refractivity contribution in [2.75, 3.05) is 12.9 Å². The molecular weight excluding hydrogens is 260 g/mol. The second-order valence-electron chi connectivity index (χ2n) is 4.91. The number of rotatable bonds is 5. The highest BCUT2D eigenvalue weighted by Gasteiger charge is 2.27. The Hall–Kier alpha value is -1.16. The number of ether oxygens (including phenoxy) is 1. The minimum absolute atomic E-state index is 0.200. The summed E-state index contributed by atoms with van der Waals surface area (Å²) in [6.07, 6.45) is 4.69. The Morgan fingerprint density at radius 1 is 1.42 bits per heavy atom. The molecule has 1 aromatic carbocycles. The fraction of sp³-hybridized carbons (Fsp3) is 0.533. The molecule has 19 heavy (non-hydrogen) atoms. The molecule has 1 aliphatic rings. The number of hydrogen-bond donors (Lipinski definition) is 1. The van der Waals surface area contributed by atoms with Gasteiger partial charge in [-0.05, 0) is 36.5 Å². The van der Waals surface area contributed by atoms with Crippen molar-refractivity contribution < 1.29 is 14.6 Å². The first kappa shape index (κ1) is 14.3. The van der Waals surface area contributed by atoms with E-state index in [1.807, 2.05) is 12.1 Å². The van der Waals surface area contributed by atoms with E-state index in [4.69, 9.17) is 9.84 Å². The largest absolute Gasteiger partial charge is 0.497 e. The molecular formula is C15H20O3S. The molecule has 1 aliphatic carbocycles. The standard InChI is InChI=1S/C15H20O3S/c1-18-12-6-4-5-11(9-12)13-7-2-3-8-14(13)19-10-15(16)17/h4-6,9,13-14H,2-3,7-8,10H2,1H3,(H,16,17)/t13-,14-/m1/s1. The molecule has 0 aromatic heterocycles. The molecule has 1 aromatic rings. The molecule has 0 heterocycles. The van der Waals surface area contributed by atoms with Gasteiger partial charge in [0.05, 0.1) is 12.9 Å². The van der Waals surface area contributed by atoms with Gasteiger partial charge in [-0.25, -0.2) is 0 Å². The van der Waals surface area contributed by atoms with E-state index in [-0.39, 0.29) is 5.75 Å². The van der Waals surface area contributed by atoms with E-state index < -0.39 is 5.97 Å². The Morgan fingerprint density at radius 3 is 2.95 bits per heavy atom. The van der Waals surface area contributed by atoms with Gasteiger partial charge in [0.1, 0.15) is 5.75 Å². The van der Waals surface area contributed by atoms with Crippen molar-refractivity contribution in [2.45, 2.75) is 36.9 Å². The zero-order valence-corrected chi connectivity index (χ0v) is 12.0. The van der Waals surface area contributed by atoms with Crippen LogP contribution in [-0.2, 0) is 4.79 Å². The molecule has 0 unspecified atom stereocenters. The summed E-state index contributed by atoms with van der Waals surface area (Å²) in [6.45, 7) is 0. The number of thioether (sulfide) groups is 1. The molecule has 2 atom stereocenters. The lowest BCUT2D eigenvalue weighted by Gasteiger charge is -2.31. The SMILES string of the molecule is COc1cccc([C@H]2CCCC[C@H]2SCC(=O)O)c1. The van der Waals surface area contributed by atoms with Crippen molar-refractivity contribution in [3.05, 3.63) is 29.8 Å². The molecule has 1 saturated carbocycles. The Morgan fingerprint density at radius 2 is 2.21 bits per heavy atom. The van der Waals surface area contributed by atoms with Gasteiger partial charge in [0.2, 0.25) is 0 Å². The van der Waals surface area contributed by atoms with E-state index in [0.717, 1.165) is 18.6 Å². The Labute approximate surface area is 118 Å². The van der Waals surface area contributed by atoms with Crippen LogP contribution in [0.4, 0.5) is 0 Å². The number of hydrogen-bond acceptors (Lipinski definition) is 3. The molecule has 0 aliphatic heterocycles. The second-order valence-corrected chi connectivity index (χ2v) is 6.14. The van der Waals surface area contributed by atoms with Crippen LogP contribution in [0.5, 0.6) is 5.75 Å². The highest BCUT2D eigenvalue weighted by atomic mass is 32.2. The predicted octanol–water partition coefficient (Wildman–Crippen LogP) is 3.54. The number of methoxy groups -OCH3 is 1. The fourth-order valence-corrected chi connectivity index (χ4v) is 3.94. The van der Waals surface area contributed by atoms with Gasteiger partial charge >= 0.3 is 5.97 Å². The molecule has 104 valence electrons. The molecule has 3 nitrogen and oxygen atoms in total. The summed E-state index contributed by atoms with van der Waals surface area (Å²) in [7, 11) is 1.68. The van der Waals surface area contributed by atoms with Gasteiger partial charge < -0.3 is 9.84 Å². The molecule has 1 fully saturated rings. The number of carbonyl (C=O) groups is 1. The van der Waals surface area contributed by atoms with Crippen LogP contribution in [-0.4, -0.2) is 29.2 Å². The zero-order valence-electron chi connectivity index (χ0n) is 11.2. The lowest BCUT2D eigenvalue weighted by Crippen LogP contribution is -2.21. The van der Waals surface area contributed by atoms with Gasteiger partial charge in [-0.15, -0.1) is 11.8 Å². The maximum atomic E-state index is 10.7. The summed E-state index contributed by atoms with van der Waals surface area (Å²) in [5.41, 5.74) is 1.28. The smallest absolute Gasteiger partial charge is 0.313 e. The van der Waals surface area contributed by atoms with Crippen LogP contribution in [0, 0.1) is 0 Å². The highest BCUT2D eigenvalue weighted by Crippen LogP contribution is 2.40. The lowest BCUT2D eigenvalue weighted by molar-refractivity contribution is -0.133. The van der Waals surface area contributed by atoms with Crippen LogP contribution < -0.4 is 4.74 Å². The van der Waals surface area contributed by atoms with Crippen LogP contribution in [0.15, 0.2) is 24.3 Å². The molecule has 0 radical (unpaired) electrons. The Bertz CT molecular complexity index is 433. The minimum Gasteiger partial charge on any atom is -0.497 e. The maximum Gasteiger partial charge on any atom is 0.313 e. The number of benzene rings is 1. The number of carboxylic acid groups (broad SMARTS) is 1. The molecule has 0 bridgehead atoms. The van der Waals surface area contributed by atoms with Crippen LogP contribution in [0.2, 0.25) is 0 Å². The van der Waals surface area contributed by atoms with Gasteiger partial charge in [-0.3, -0.25) is 4.79 Å². The van der Waals surface area contributed by atoms with Gasteiger partial charge in [-0.2, -0.15) is 0 Å². The second kappa shape index (κ2) is 6.85. The predicted molar refractivity (Wildman–Crippen MR) is 78.1 cm³/mol. The third-order valence-corrected chi connectivity index (χ3v) is 5.05. The first-order valence-electron chi connectivity index (χ1n) is 6.68. The van der Waals surface area contributed by atoms with Crippen LogP contribution >= 0.6 is 11.8 Å². The van der Waals surface area contributed by atoms with Gasteiger partial charge in [0, 0.05) is 5.25 Å². The summed E-state index contributed by atoms with van der Waals surface area (Å²) < 4.78 is 5.28. The molecule has 2 rings (SSSR count). The van der Waals surface area contributed by atoms with Crippen molar-refractivity contribution in [3.63, 3.8) is 0 Å². The monoisotopic (exact) mass is 280 g/mol. The minimum atomic E-state index is -0.722. The van der Waals surface area contributed by atoms with E-state index in [0.29, 0.717) is 11.2 Å². The van der Waals surface area contributed by atoms with E-state index in [1.54, 1.807) is 18.9 Å². The van der Waals surface area contributed by atoms with Crippen LogP contribution in [0.3, 0.4) is 0 Å². The zero-order chi connectivity index (χ0) is 13.7. The topological polar surface area (TPSA) is 46.5 Å². The van der Waals surface area contributed by atoms with Crippen molar-refractivity contribution >= 4 is 17.7 Å². The normalized spacial score (nSPS) is 23.0. The van der Waals surface area contributed by atoms with Gasteiger partial charge in [0.25, 0.3) is 0 Å². The van der Waals surface area contributed by atoms with E-state index >= 15 is 0 Å². The van der Waals surface area contributed by atoms with Crippen molar-refractivity contribution in [3.8, 4) is 5.75 Å². The fourth-order valence-electron chi connectivity index (χ4n) is 2.73. The highest BCUT2D eigenvalue weighted by molar-refractivity contribution is 8.00. The van der Waals surface area contributed by atoms with Crippen molar-refractivity contribution in [2.24, 2.45) is 0 Å². The summed E-state index contributed by atoms with van der Waals surface area (Å²) in [5, 5.41) is 9.26. The third-order valence-electron chi connectivity index (χ3n) is 3.65. The average Bonchev–Trinajstić information content (AvgIpc) is 2.45. The van der Waals surface area contributed by atoms with E-state index in [1.165, 1.54) is 18.4 Å². The summed E-state index contributed by atoms with van der Waals surface area (Å²) in [5.74, 6) is 0.809. The average molecular weight is 280 g/mol. The first-order valence-corrected chi connectivity index (χ1v) is 7.73. The molecule has 0 amide bonds. The lowest BCUT2D eigenvalue weighted by atomic mass is 9.83. The maximum absolute atomic E-state index is 10.7. The van der Waals surface area contributed by atoms with Gasteiger partial charge in [0.15, 0.2) is 0 Å². The third kappa shape index (κ3) is 3.90. The van der Waals surface area contributed by atoms with Crippen molar-refractivity contribution in [1.82, 2.24) is 0 Å². The van der Waals surface area contributed by atoms with E-state index in [9.17, 15) is 4.79 Å². The summed E-state index contributed by atoms with van der Waals surface area (Å²) in [4.78, 5) is 10.7. The molecule has 1 N–H and O–H groups in total. The van der Waals surface area contributed by atoms with Crippen LogP contribution in [0.1, 0.15) is 37.2 Å². The molecule has 4 heteroatoms.